The molecule has 3 aromatic rings. The van der Waals surface area contributed by atoms with Crippen LogP contribution in [0.4, 0.5) is 5.69 Å². The van der Waals surface area contributed by atoms with Gasteiger partial charge in [0.1, 0.15) is 0 Å². The molecule has 0 fully saturated rings. The fraction of sp³-hybridized carbons (Fsp3) is 0.167. The molecular weight excluding hydrogens is 276 g/mol. The Labute approximate surface area is 129 Å². The van der Waals surface area contributed by atoms with Gasteiger partial charge in [0.25, 0.3) is 0 Å². The molecule has 22 heavy (non-hydrogen) atoms. The van der Waals surface area contributed by atoms with E-state index in [1.54, 1.807) is 19.1 Å². The summed E-state index contributed by atoms with van der Waals surface area (Å²) in [7, 11) is 0. The van der Waals surface area contributed by atoms with Crippen LogP contribution in [-0.4, -0.2) is 17.6 Å². The number of ether oxygens (including phenoxy) is 1. The fourth-order valence-electron chi connectivity index (χ4n) is 2.36. The molecule has 0 radical (unpaired) electrons. The quantitative estimate of drug-likeness (QED) is 0.700. The van der Waals surface area contributed by atoms with Crippen LogP contribution >= 0.6 is 0 Å². The van der Waals surface area contributed by atoms with E-state index in [0.29, 0.717) is 12.2 Å². The summed E-state index contributed by atoms with van der Waals surface area (Å²) in [5, 5.41) is 4.56. The molecule has 1 aromatic heterocycles. The molecular formula is C18H18N2O2. The topological polar surface area (TPSA) is 54.1 Å². The van der Waals surface area contributed by atoms with Crippen molar-refractivity contribution in [2.45, 2.75) is 13.5 Å². The van der Waals surface area contributed by atoms with Gasteiger partial charge in [-0.2, -0.15) is 0 Å². The Bertz CT molecular complexity index is 775. The first-order valence-corrected chi connectivity index (χ1v) is 7.33. The zero-order chi connectivity index (χ0) is 15.4. The van der Waals surface area contributed by atoms with Crippen LogP contribution in [0.3, 0.4) is 0 Å². The molecule has 0 bridgehead atoms. The summed E-state index contributed by atoms with van der Waals surface area (Å²) >= 11 is 0. The number of aromatic nitrogens is 1. The van der Waals surface area contributed by atoms with E-state index in [1.807, 2.05) is 18.3 Å². The van der Waals surface area contributed by atoms with Crippen LogP contribution in [0.25, 0.3) is 10.9 Å². The molecule has 0 aliphatic rings. The van der Waals surface area contributed by atoms with E-state index in [4.69, 9.17) is 4.74 Å². The standard InChI is InChI=1S/C18H18N2O2/c1-2-22-18(21)14-4-6-16(7-5-14)20-12-13-3-8-17-15(11-13)9-10-19-17/h3-11,19-20H,2,12H2,1H3. The number of hydrogen-bond acceptors (Lipinski definition) is 3. The average Bonchev–Trinajstić information content (AvgIpc) is 3.01. The molecule has 4 heteroatoms. The van der Waals surface area contributed by atoms with Crippen molar-refractivity contribution in [2.24, 2.45) is 0 Å². The highest BCUT2D eigenvalue weighted by molar-refractivity contribution is 5.89. The summed E-state index contributed by atoms with van der Waals surface area (Å²) in [5.41, 5.74) is 3.90. The lowest BCUT2D eigenvalue weighted by Crippen LogP contribution is -2.05. The number of aromatic amines is 1. The van der Waals surface area contributed by atoms with Gasteiger partial charge in [0.15, 0.2) is 0 Å². The van der Waals surface area contributed by atoms with Crippen molar-refractivity contribution in [3.8, 4) is 0 Å². The van der Waals surface area contributed by atoms with Gasteiger partial charge in [0.05, 0.1) is 12.2 Å². The second-order valence-electron chi connectivity index (χ2n) is 5.05. The van der Waals surface area contributed by atoms with Gasteiger partial charge in [-0.15, -0.1) is 0 Å². The number of carbonyl (C=O) groups excluding carboxylic acids is 1. The van der Waals surface area contributed by atoms with Crippen LogP contribution in [0, 0.1) is 0 Å². The van der Waals surface area contributed by atoms with E-state index in [9.17, 15) is 4.79 Å². The number of nitrogens with one attached hydrogen (secondary N) is 2. The Morgan fingerprint density at radius 3 is 2.73 bits per heavy atom. The van der Waals surface area contributed by atoms with E-state index in [0.717, 1.165) is 17.7 Å². The number of anilines is 1. The smallest absolute Gasteiger partial charge is 0.338 e. The lowest BCUT2D eigenvalue weighted by molar-refractivity contribution is 0.0526. The molecule has 4 nitrogen and oxygen atoms in total. The third kappa shape index (κ3) is 3.11. The van der Waals surface area contributed by atoms with E-state index in [-0.39, 0.29) is 5.97 Å². The molecule has 3 rings (SSSR count). The van der Waals surface area contributed by atoms with E-state index in [2.05, 4.69) is 34.6 Å². The number of carbonyl (C=O) groups is 1. The maximum atomic E-state index is 11.6. The number of H-pyrrole nitrogens is 1. The minimum absolute atomic E-state index is 0.285. The van der Waals surface area contributed by atoms with Crippen LogP contribution in [0.2, 0.25) is 0 Å². The third-order valence-electron chi connectivity index (χ3n) is 3.51. The molecule has 0 aliphatic heterocycles. The predicted molar refractivity (Wildman–Crippen MR) is 88.0 cm³/mol. The fourth-order valence-corrected chi connectivity index (χ4v) is 2.36. The normalized spacial score (nSPS) is 10.6. The number of hydrogen-bond donors (Lipinski definition) is 2. The SMILES string of the molecule is CCOC(=O)c1ccc(NCc2ccc3[nH]ccc3c2)cc1. The Balaban J connectivity index is 1.64. The lowest BCUT2D eigenvalue weighted by atomic mass is 10.1. The van der Waals surface area contributed by atoms with Crippen molar-refractivity contribution in [1.82, 2.24) is 4.98 Å². The summed E-state index contributed by atoms with van der Waals surface area (Å²) in [5.74, 6) is -0.285. The number of esters is 1. The second kappa shape index (κ2) is 6.35. The zero-order valence-corrected chi connectivity index (χ0v) is 12.4. The van der Waals surface area contributed by atoms with Crippen molar-refractivity contribution in [3.05, 3.63) is 65.9 Å². The molecule has 0 saturated carbocycles. The highest BCUT2D eigenvalue weighted by Gasteiger charge is 2.05. The zero-order valence-electron chi connectivity index (χ0n) is 12.4. The first-order valence-electron chi connectivity index (χ1n) is 7.33. The highest BCUT2D eigenvalue weighted by atomic mass is 16.5. The molecule has 2 N–H and O–H groups in total. The second-order valence-corrected chi connectivity index (χ2v) is 5.05. The van der Waals surface area contributed by atoms with Gasteiger partial charge in [0.2, 0.25) is 0 Å². The van der Waals surface area contributed by atoms with Gasteiger partial charge < -0.3 is 15.0 Å². The monoisotopic (exact) mass is 294 g/mol. The van der Waals surface area contributed by atoms with E-state index < -0.39 is 0 Å². The number of benzene rings is 2. The van der Waals surface area contributed by atoms with Crippen molar-refractivity contribution in [1.29, 1.82) is 0 Å². The number of rotatable bonds is 5. The van der Waals surface area contributed by atoms with Crippen molar-refractivity contribution >= 4 is 22.6 Å². The van der Waals surface area contributed by atoms with Crippen LogP contribution in [0.5, 0.6) is 0 Å². The Morgan fingerprint density at radius 1 is 1.14 bits per heavy atom. The maximum absolute atomic E-state index is 11.6. The van der Waals surface area contributed by atoms with Gasteiger partial charge in [0, 0.05) is 23.9 Å². The highest BCUT2D eigenvalue weighted by Crippen LogP contribution is 2.16. The summed E-state index contributed by atoms with van der Waals surface area (Å²) in [6.07, 6.45) is 1.94. The number of fused-ring (bicyclic) bond motifs is 1. The van der Waals surface area contributed by atoms with Crippen LogP contribution in [0.15, 0.2) is 54.7 Å². The molecule has 2 aromatic carbocycles. The van der Waals surface area contributed by atoms with Crippen molar-refractivity contribution in [3.63, 3.8) is 0 Å². The summed E-state index contributed by atoms with van der Waals surface area (Å²) < 4.78 is 4.97. The molecule has 0 aliphatic carbocycles. The van der Waals surface area contributed by atoms with Gasteiger partial charge in [-0.05, 0) is 60.3 Å². The Kier molecular flexibility index (Phi) is 4.10. The minimum Gasteiger partial charge on any atom is -0.462 e. The lowest BCUT2D eigenvalue weighted by Gasteiger charge is -2.08. The van der Waals surface area contributed by atoms with E-state index >= 15 is 0 Å². The molecule has 112 valence electrons. The first kappa shape index (κ1) is 14.2. The Morgan fingerprint density at radius 2 is 1.95 bits per heavy atom. The molecule has 0 saturated heterocycles. The summed E-state index contributed by atoms with van der Waals surface area (Å²) in [6, 6.07) is 15.7. The van der Waals surface area contributed by atoms with Crippen LogP contribution in [-0.2, 0) is 11.3 Å². The molecule has 0 atom stereocenters. The third-order valence-corrected chi connectivity index (χ3v) is 3.51. The molecule has 0 unspecified atom stereocenters. The van der Waals surface area contributed by atoms with Crippen molar-refractivity contribution in [2.75, 3.05) is 11.9 Å². The van der Waals surface area contributed by atoms with Crippen LogP contribution in [0.1, 0.15) is 22.8 Å². The van der Waals surface area contributed by atoms with Gasteiger partial charge in [-0.25, -0.2) is 4.79 Å². The minimum atomic E-state index is -0.285. The average molecular weight is 294 g/mol. The van der Waals surface area contributed by atoms with E-state index in [1.165, 1.54) is 10.9 Å². The van der Waals surface area contributed by atoms with Gasteiger partial charge in [-0.1, -0.05) is 6.07 Å². The van der Waals surface area contributed by atoms with Crippen LogP contribution < -0.4 is 5.32 Å². The summed E-state index contributed by atoms with van der Waals surface area (Å²) in [6.45, 7) is 2.93. The summed E-state index contributed by atoms with van der Waals surface area (Å²) in [4.78, 5) is 14.8. The first-order chi connectivity index (χ1) is 10.8. The van der Waals surface area contributed by atoms with Gasteiger partial charge in [-0.3, -0.25) is 0 Å². The molecule has 1 heterocycles. The largest absolute Gasteiger partial charge is 0.462 e. The predicted octanol–water partition coefficient (Wildman–Crippen LogP) is 3.96. The Hall–Kier alpha value is -2.75. The molecule has 0 spiro atoms. The maximum Gasteiger partial charge on any atom is 0.338 e. The van der Waals surface area contributed by atoms with Crippen molar-refractivity contribution < 1.29 is 9.53 Å². The van der Waals surface area contributed by atoms with Gasteiger partial charge >= 0.3 is 5.97 Å². The molecule has 0 amide bonds.